The Morgan fingerprint density at radius 3 is 0.857 bits per heavy atom. The second-order valence-electron chi connectivity index (χ2n) is 2.51. The first kappa shape index (κ1) is 15.3. The molecular formula is C8H10F4O2. The third-order valence-corrected chi connectivity index (χ3v) is 1.70. The molecule has 0 aliphatic carbocycles. The van der Waals surface area contributed by atoms with Crippen molar-refractivity contribution in [1.82, 2.24) is 0 Å². The van der Waals surface area contributed by atoms with Crippen molar-refractivity contribution in [3.05, 3.63) is 34.4 Å². The molecule has 0 radical (unpaired) electrons. The smallest absolute Gasteiger partial charge is 0.165 e. The predicted octanol–water partition coefficient (Wildman–Crippen LogP) is 1.21. The summed E-state index contributed by atoms with van der Waals surface area (Å²) in [7, 11) is 0. The Balaban J connectivity index is 0. The van der Waals surface area contributed by atoms with Gasteiger partial charge in [0.05, 0.1) is 0 Å². The van der Waals surface area contributed by atoms with Crippen LogP contribution in [-0.2, 0) is 0 Å². The van der Waals surface area contributed by atoms with Crippen molar-refractivity contribution in [1.29, 1.82) is 0 Å². The molecule has 4 N–H and O–H groups in total. The zero-order chi connectivity index (χ0) is 9.46. The summed E-state index contributed by atoms with van der Waals surface area (Å²) in [5.41, 5.74) is -1.26. The zero-order valence-corrected chi connectivity index (χ0v) is 7.51. The van der Waals surface area contributed by atoms with Crippen LogP contribution in [0.25, 0.3) is 0 Å². The molecule has 0 aliphatic rings. The van der Waals surface area contributed by atoms with E-state index in [-0.39, 0.29) is 11.0 Å². The molecular weight excluding hydrogens is 204 g/mol. The molecule has 0 saturated heterocycles. The lowest BCUT2D eigenvalue weighted by atomic mass is 10.1. The van der Waals surface area contributed by atoms with Crippen LogP contribution in [0.1, 0.15) is 11.1 Å². The average molecular weight is 214 g/mol. The maximum Gasteiger partial charge on any atom is 0.165 e. The van der Waals surface area contributed by atoms with Crippen LogP contribution >= 0.6 is 0 Å². The molecule has 1 aromatic rings. The molecule has 0 fully saturated rings. The second-order valence-corrected chi connectivity index (χ2v) is 2.51. The molecule has 6 heteroatoms. The fraction of sp³-hybridized carbons (Fsp3) is 0.250. The highest BCUT2D eigenvalue weighted by Gasteiger charge is 2.19. The summed E-state index contributed by atoms with van der Waals surface area (Å²) >= 11 is 0. The van der Waals surface area contributed by atoms with Crippen LogP contribution in [0.3, 0.4) is 0 Å². The van der Waals surface area contributed by atoms with Gasteiger partial charge in [-0.05, 0) is 13.8 Å². The van der Waals surface area contributed by atoms with E-state index < -0.39 is 34.4 Å². The van der Waals surface area contributed by atoms with E-state index in [4.69, 9.17) is 0 Å². The molecule has 82 valence electrons. The Labute approximate surface area is 77.8 Å². The van der Waals surface area contributed by atoms with Crippen molar-refractivity contribution in [3.8, 4) is 0 Å². The lowest BCUT2D eigenvalue weighted by Gasteiger charge is -2.04. The highest BCUT2D eigenvalue weighted by Crippen LogP contribution is 2.22. The Hall–Kier alpha value is -1.14. The molecule has 2 nitrogen and oxygen atoms in total. The molecule has 0 heterocycles. The highest BCUT2D eigenvalue weighted by atomic mass is 19.2. The van der Waals surface area contributed by atoms with Gasteiger partial charge in [0.1, 0.15) is 0 Å². The molecule has 0 atom stereocenters. The number of rotatable bonds is 0. The van der Waals surface area contributed by atoms with Crippen LogP contribution in [0.2, 0.25) is 0 Å². The van der Waals surface area contributed by atoms with E-state index in [1.165, 1.54) is 0 Å². The van der Waals surface area contributed by atoms with E-state index in [1.807, 2.05) is 0 Å². The summed E-state index contributed by atoms with van der Waals surface area (Å²) in [6.07, 6.45) is 0. The van der Waals surface area contributed by atoms with Gasteiger partial charge in [0.15, 0.2) is 23.3 Å². The number of benzene rings is 1. The first-order chi connectivity index (χ1) is 5.46. The van der Waals surface area contributed by atoms with Crippen molar-refractivity contribution in [2.24, 2.45) is 0 Å². The van der Waals surface area contributed by atoms with Crippen LogP contribution in [0, 0.1) is 37.1 Å². The quantitative estimate of drug-likeness (QED) is 0.460. The molecule has 0 spiro atoms. The zero-order valence-electron chi connectivity index (χ0n) is 7.51. The molecule has 0 aliphatic heterocycles. The second kappa shape index (κ2) is 4.92. The van der Waals surface area contributed by atoms with Gasteiger partial charge in [-0.15, -0.1) is 0 Å². The van der Waals surface area contributed by atoms with Crippen molar-refractivity contribution in [3.63, 3.8) is 0 Å². The summed E-state index contributed by atoms with van der Waals surface area (Å²) in [5, 5.41) is 0. The number of halogens is 4. The third kappa shape index (κ3) is 2.02. The van der Waals surface area contributed by atoms with E-state index in [2.05, 4.69) is 0 Å². The van der Waals surface area contributed by atoms with Gasteiger partial charge in [-0.1, -0.05) is 0 Å². The molecule has 1 rings (SSSR count). The van der Waals surface area contributed by atoms with Gasteiger partial charge < -0.3 is 11.0 Å². The fourth-order valence-electron chi connectivity index (χ4n) is 0.851. The summed E-state index contributed by atoms with van der Waals surface area (Å²) in [6, 6.07) is 0. The minimum atomic E-state index is -1.33. The Bertz CT molecular complexity index is 234. The number of hydrogen-bond donors (Lipinski definition) is 0. The van der Waals surface area contributed by atoms with Crippen LogP contribution in [0.4, 0.5) is 17.6 Å². The van der Waals surface area contributed by atoms with Gasteiger partial charge in [-0.3, -0.25) is 0 Å². The van der Waals surface area contributed by atoms with Crippen LogP contribution in [0.5, 0.6) is 0 Å². The average Bonchev–Trinajstić information content (AvgIpc) is 2.08. The van der Waals surface area contributed by atoms with Gasteiger partial charge in [0.25, 0.3) is 0 Å². The van der Waals surface area contributed by atoms with E-state index in [9.17, 15) is 17.6 Å². The topological polar surface area (TPSA) is 63.0 Å². The first-order valence-electron chi connectivity index (χ1n) is 3.26. The van der Waals surface area contributed by atoms with Gasteiger partial charge in [0, 0.05) is 11.1 Å². The van der Waals surface area contributed by atoms with Crippen molar-refractivity contribution < 1.29 is 28.5 Å². The minimum absolute atomic E-state index is 0. The lowest BCUT2D eigenvalue weighted by molar-refractivity contribution is 0.436. The van der Waals surface area contributed by atoms with E-state index in [0.717, 1.165) is 13.8 Å². The van der Waals surface area contributed by atoms with Gasteiger partial charge in [-0.25, -0.2) is 17.6 Å². The summed E-state index contributed by atoms with van der Waals surface area (Å²) in [4.78, 5) is 0. The molecule has 0 unspecified atom stereocenters. The molecule has 0 saturated carbocycles. The lowest BCUT2D eigenvalue weighted by Crippen LogP contribution is -2.02. The normalized spacial score (nSPS) is 9.00. The molecule has 0 bridgehead atoms. The van der Waals surface area contributed by atoms with Crippen molar-refractivity contribution >= 4 is 0 Å². The van der Waals surface area contributed by atoms with E-state index in [0.29, 0.717) is 0 Å². The van der Waals surface area contributed by atoms with E-state index in [1.54, 1.807) is 0 Å². The van der Waals surface area contributed by atoms with Gasteiger partial charge in [0.2, 0.25) is 0 Å². The van der Waals surface area contributed by atoms with Crippen molar-refractivity contribution in [2.45, 2.75) is 13.8 Å². The highest BCUT2D eigenvalue weighted by molar-refractivity contribution is 5.27. The van der Waals surface area contributed by atoms with Crippen LogP contribution < -0.4 is 0 Å². The fourth-order valence-corrected chi connectivity index (χ4v) is 0.851. The first-order valence-corrected chi connectivity index (χ1v) is 3.26. The largest absolute Gasteiger partial charge is 0.412 e. The molecule has 0 amide bonds. The SMILES string of the molecule is Cc1c(F)c(F)c(C)c(F)c1F.O.O. The Morgan fingerprint density at radius 2 is 0.714 bits per heavy atom. The Kier molecular flexibility index (Phi) is 5.39. The minimum Gasteiger partial charge on any atom is -0.412 e. The van der Waals surface area contributed by atoms with Crippen LogP contribution in [0.15, 0.2) is 0 Å². The predicted molar refractivity (Wildman–Crippen MR) is 43.0 cm³/mol. The van der Waals surface area contributed by atoms with Gasteiger partial charge in [-0.2, -0.15) is 0 Å². The maximum absolute atomic E-state index is 12.7. The molecule has 0 aromatic heterocycles. The van der Waals surface area contributed by atoms with Crippen molar-refractivity contribution in [2.75, 3.05) is 0 Å². The molecule has 1 aromatic carbocycles. The summed E-state index contributed by atoms with van der Waals surface area (Å²) in [6.45, 7) is 1.96. The maximum atomic E-state index is 12.7. The van der Waals surface area contributed by atoms with E-state index >= 15 is 0 Å². The third-order valence-electron chi connectivity index (χ3n) is 1.70. The summed E-state index contributed by atoms with van der Waals surface area (Å²) in [5.74, 6) is -5.31. The number of hydrogen-bond acceptors (Lipinski definition) is 0. The van der Waals surface area contributed by atoms with Gasteiger partial charge >= 0.3 is 0 Å². The molecule has 14 heavy (non-hydrogen) atoms. The van der Waals surface area contributed by atoms with Crippen LogP contribution in [-0.4, -0.2) is 11.0 Å². The monoisotopic (exact) mass is 214 g/mol. The standard InChI is InChI=1S/C8H6F4.2H2O/c1-3-5(9)7(11)4(2)8(12)6(3)10;;/h1-2H3;2*1H2. The Morgan fingerprint density at radius 1 is 0.571 bits per heavy atom. The summed E-state index contributed by atoms with van der Waals surface area (Å²) < 4.78 is 50.6.